The van der Waals surface area contributed by atoms with E-state index in [-0.39, 0.29) is 17.2 Å². The van der Waals surface area contributed by atoms with Crippen molar-refractivity contribution in [3.05, 3.63) is 100 Å². The molecule has 0 aromatic heterocycles. The number of hydrogen-bond donors (Lipinski definition) is 1. The van der Waals surface area contributed by atoms with Gasteiger partial charge in [-0.25, -0.2) is 9.82 Å². The topological polar surface area (TPSA) is 50.7 Å². The molecule has 3 rings (SSSR count). The van der Waals surface area contributed by atoms with Gasteiger partial charge in [-0.15, -0.1) is 0 Å². The Morgan fingerprint density at radius 1 is 1.04 bits per heavy atom. The van der Waals surface area contributed by atoms with Crippen molar-refractivity contribution in [3.8, 4) is 5.75 Å². The fraction of sp³-hybridized carbons (Fsp3) is 0.0909. The minimum absolute atomic E-state index is 0.110. The summed E-state index contributed by atoms with van der Waals surface area (Å²) in [4.78, 5) is 12.0. The molecule has 1 amide bonds. The summed E-state index contributed by atoms with van der Waals surface area (Å²) in [6.07, 6.45) is 1.86. The minimum Gasteiger partial charge on any atom is -0.483 e. The van der Waals surface area contributed by atoms with Gasteiger partial charge >= 0.3 is 0 Å². The first-order chi connectivity index (χ1) is 13.6. The number of carbonyl (C=O) groups excluding carboxylic acids is 1. The Bertz CT molecular complexity index is 957. The Labute approximate surface area is 167 Å². The summed E-state index contributed by atoms with van der Waals surface area (Å²) < 4.78 is 19.3. The quantitative estimate of drug-likeness (QED) is 0.468. The van der Waals surface area contributed by atoms with Crippen molar-refractivity contribution in [2.75, 3.05) is 6.61 Å². The molecular weight excluding hydrogens is 379 g/mol. The van der Waals surface area contributed by atoms with Crippen LogP contribution in [0.4, 0.5) is 4.39 Å². The predicted molar refractivity (Wildman–Crippen MR) is 108 cm³/mol. The molecule has 6 heteroatoms. The standard InChI is InChI=1S/C22H18ClFN2O2/c23-19-10-6-11-20(24)18(19)14-25-26-22(27)15-28-21-12-5-4-9-17(21)13-16-7-2-1-3-8-16/h1-12,14H,13,15H2,(H,26,27)/b25-14-. The van der Waals surface area contributed by atoms with Gasteiger partial charge in [0.05, 0.1) is 11.2 Å². The van der Waals surface area contributed by atoms with E-state index in [1.807, 2.05) is 54.6 Å². The van der Waals surface area contributed by atoms with Gasteiger partial charge in [0.1, 0.15) is 11.6 Å². The average molecular weight is 397 g/mol. The number of para-hydroxylation sites is 1. The molecule has 0 fully saturated rings. The van der Waals surface area contributed by atoms with E-state index < -0.39 is 11.7 Å². The third-order valence-corrected chi connectivity index (χ3v) is 4.28. The molecule has 0 spiro atoms. The molecule has 0 saturated heterocycles. The number of hydrazone groups is 1. The maximum absolute atomic E-state index is 13.7. The summed E-state index contributed by atoms with van der Waals surface area (Å²) in [5.74, 6) is -0.350. The molecule has 3 aromatic carbocycles. The lowest BCUT2D eigenvalue weighted by atomic mass is 10.0. The first-order valence-corrected chi connectivity index (χ1v) is 9.02. The average Bonchev–Trinajstić information content (AvgIpc) is 2.70. The summed E-state index contributed by atoms with van der Waals surface area (Å²) in [5, 5.41) is 3.95. The van der Waals surface area contributed by atoms with Crippen LogP contribution < -0.4 is 10.2 Å². The summed E-state index contributed by atoms with van der Waals surface area (Å²) in [5.41, 5.74) is 4.54. The van der Waals surface area contributed by atoms with E-state index in [1.54, 1.807) is 6.07 Å². The highest BCUT2D eigenvalue weighted by atomic mass is 35.5. The molecule has 0 aliphatic heterocycles. The molecule has 1 N–H and O–H groups in total. The van der Waals surface area contributed by atoms with E-state index in [4.69, 9.17) is 16.3 Å². The second-order valence-electron chi connectivity index (χ2n) is 5.99. The highest BCUT2D eigenvalue weighted by molar-refractivity contribution is 6.33. The zero-order valence-corrected chi connectivity index (χ0v) is 15.7. The number of amides is 1. The highest BCUT2D eigenvalue weighted by Crippen LogP contribution is 2.21. The summed E-state index contributed by atoms with van der Waals surface area (Å²) in [7, 11) is 0. The van der Waals surface area contributed by atoms with Crippen molar-refractivity contribution < 1.29 is 13.9 Å². The summed E-state index contributed by atoms with van der Waals surface area (Å²) >= 11 is 5.90. The highest BCUT2D eigenvalue weighted by Gasteiger charge is 2.08. The van der Waals surface area contributed by atoms with Gasteiger partial charge in [0.25, 0.3) is 5.91 Å². The van der Waals surface area contributed by atoms with Crippen LogP contribution in [0.15, 0.2) is 77.9 Å². The van der Waals surface area contributed by atoms with Crippen LogP contribution in [0.3, 0.4) is 0 Å². The molecule has 142 valence electrons. The van der Waals surface area contributed by atoms with Crippen molar-refractivity contribution in [1.82, 2.24) is 5.43 Å². The molecule has 0 saturated carbocycles. The molecule has 0 unspecified atom stereocenters. The second-order valence-corrected chi connectivity index (χ2v) is 6.39. The fourth-order valence-corrected chi connectivity index (χ4v) is 2.80. The van der Waals surface area contributed by atoms with E-state index >= 15 is 0 Å². The summed E-state index contributed by atoms with van der Waals surface area (Å²) in [6.45, 7) is -0.214. The first kappa shape index (κ1) is 19.6. The number of rotatable bonds is 7. The number of halogens is 2. The third-order valence-electron chi connectivity index (χ3n) is 3.95. The maximum Gasteiger partial charge on any atom is 0.277 e. The number of carbonyl (C=O) groups is 1. The van der Waals surface area contributed by atoms with Crippen LogP contribution >= 0.6 is 11.6 Å². The van der Waals surface area contributed by atoms with Gasteiger partial charge in [-0.3, -0.25) is 4.79 Å². The molecule has 4 nitrogen and oxygen atoms in total. The molecule has 28 heavy (non-hydrogen) atoms. The van der Waals surface area contributed by atoms with Gasteiger partial charge in [0.2, 0.25) is 0 Å². The number of hydrogen-bond acceptors (Lipinski definition) is 3. The smallest absolute Gasteiger partial charge is 0.277 e. The van der Waals surface area contributed by atoms with Crippen LogP contribution in [0, 0.1) is 5.82 Å². The van der Waals surface area contributed by atoms with Crippen molar-refractivity contribution in [3.63, 3.8) is 0 Å². The van der Waals surface area contributed by atoms with Crippen LogP contribution in [0.2, 0.25) is 5.02 Å². The molecule has 0 radical (unpaired) electrons. The largest absolute Gasteiger partial charge is 0.483 e. The fourth-order valence-electron chi connectivity index (χ4n) is 2.58. The van der Waals surface area contributed by atoms with E-state index in [0.717, 1.165) is 11.1 Å². The zero-order chi connectivity index (χ0) is 19.8. The number of nitrogens with zero attached hydrogens (tertiary/aromatic N) is 1. The molecule has 0 aliphatic carbocycles. The molecule has 0 aliphatic rings. The predicted octanol–water partition coefficient (Wildman–Crippen LogP) is 4.60. The number of ether oxygens (including phenoxy) is 1. The Morgan fingerprint density at radius 2 is 1.79 bits per heavy atom. The van der Waals surface area contributed by atoms with Crippen LogP contribution in [0.5, 0.6) is 5.75 Å². The van der Waals surface area contributed by atoms with Gasteiger partial charge in [-0.05, 0) is 29.3 Å². The number of nitrogens with one attached hydrogen (secondary N) is 1. The van der Waals surface area contributed by atoms with Gasteiger partial charge < -0.3 is 4.74 Å². The molecular formula is C22H18ClFN2O2. The second kappa shape index (κ2) is 9.67. The maximum atomic E-state index is 13.7. The Kier molecular flexibility index (Phi) is 6.76. The van der Waals surface area contributed by atoms with Gasteiger partial charge in [0.15, 0.2) is 6.61 Å². The molecule has 3 aromatic rings. The van der Waals surface area contributed by atoms with Crippen molar-refractivity contribution in [2.24, 2.45) is 5.10 Å². The van der Waals surface area contributed by atoms with Crippen LogP contribution in [-0.4, -0.2) is 18.7 Å². The van der Waals surface area contributed by atoms with Crippen molar-refractivity contribution >= 4 is 23.7 Å². The Hall–Kier alpha value is -3.18. The van der Waals surface area contributed by atoms with E-state index in [0.29, 0.717) is 12.2 Å². The zero-order valence-electron chi connectivity index (χ0n) is 14.9. The van der Waals surface area contributed by atoms with Crippen molar-refractivity contribution in [2.45, 2.75) is 6.42 Å². The lowest BCUT2D eigenvalue weighted by Gasteiger charge is -2.11. The van der Waals surface area contributed by atoms with Crippen molar-refractivity contribution in [1.29, 1.82) is 0 Å². The van der Waals surface area contributed by atoms with E-state index in [2.05, 4.69) is 10.5 Å². The third kappa shape index (κ3) is 5.41. The monoisotopic (exact) mass is 396 g/mol. The van der Waals surface area contributed by atoms with Crippen LogP contribution in [0.25, 0.3) is 0 Å². The normalized spacial score (nSPS) is 10.8. The van der Waals surface area contributed by atoms with Crippen LogP contribution in [0.1, 0.15) is 16.7 Å². The Balaban J connectivity index is 1.57. The van der Waals surface area contributed by atoms with Gasteiger partial charge in [-0.2, -0.15) is 5.10 Å². The molecule has 0 bridgehead atoms. The lowest BCUT2D eigenvalue weighted by Crippen LogP contribution is -2.25. The minimum atomic E-state index is -0.517. The lowest BCUT2D eigenvalue weighted by molar-refractivity contribution is -0.123. The van der Waals surface area contributed by atoms with Gasteiger partial charge in [-0.1, -0.05) is 66.2 Å². The van der Waals surface area contributed by atoms with Crippen LogP contribution in [-0.2, 0) is 11.2 Å². The van der Waals surface area contributed by atoms with E-state index in [1.165, 1.54) is 18.3 Å². The Morgan fingerprint density at radius 3 is 2.57 bits per heavy atom. The van der Waals surface area contributed by atoms with E-state index in [9.17, 15) is 9.18 Å². The SMILES string of the molecule is O=C(COc1ccccc1Cc1ccccc1)N/N=C\c1c(F)cccc1Cl. The summed E-state index contributed by atoms with van der Waals surface area (Å²) in [6, 6.07) is 21.8. The molecule has 0 atom stereocenters. The molecule has 0 heterocycles. The first-order valence-electron chi connectivity index (χ1n) is 8.64. The number of benzene rings is 3. The van der Waals surface area contributed by atoms with Gasteiger partial charge in [0, 0.05) is 12.0 Å².